The Morgan fingerprint density at radius 2 is 1.65 bits per heavy atom. The Morgan fingerprint density at radius 3 is 2.55 bits per heavy atom. The van der Waals surface area contributed by atoms with Crippen LogP contribution in [0.25, 0.3) is 11.1 Å². The average Bonchev–Trinajstić information content (AvgIpc) is 2.53. The molecular weight excluding hydrogens is 264 g/mol. The molecule has 0 amide bonds. The highest BCUT2D eigenvalue weighted by Gasteiger charge is 2.20. The molecule has 20 heavy (non-hydrogen) atoms. The van der Waals surface area contributed by atoms with Crippen LogP contribution in [0.15, 0.2) is 76.5 Å². The van der Waals surface area contributed by atoms with Crippen molar-refractivity contribution < 1.29 is 4.74 Å². The first-order chi connectivity index (χ1) is 9.92. The first-order valence-electron chi connectivity index (χ1n) is 6.47. The van der Waals surface area contributed by atoms with E-state index in [2.05, 4.69) is 30.3 Å². The molecule has 0 saturated heterocycles. The molecule has 0 spiro atoms. The number of hydrogen-bond acceptors (Lipinski definition) is 2. The van der Waals surface area contributed by atoms with E-state index in [1.807, 2.05) is 42.5 Å². The molecule has 95 valence electrons. The fraction of sp³-hybridized carbons (Fsp3) is 0. The van der Waals surface area contributed by atoms with Crippen LogP contribution >= 0.6 is 11.8 Å². The Labute approximate surface area is 122 Å². The van der Waals surface area contributed by atoms with Crippen LogP contribution in [-0.4, -0.2) is 0 Å². The number of rotatable bonds is 1. The van der Waals surface area contributed by atoms with E-state index in [1.165, 1.54) is 0 Å². The zero-order valence-corrected chi connectivity index (χ0v) is 11.5. The second-order valence-electron chi connectivity index (χ2n) is 4.57. The molecule has 3 aromatic rings. The smallest absolute Gasteiger partial charge is 0.149 e. The molecule has 1 aliphatic rings. The lowest BCUT2D eigenvalue weighted by Crippen LogP contribution is -1.97. The fourth-order valence-electron chi connectivity index (χ4n) is 2.33. The van der Waals surface area contributed by atoms with Crippen LogP contribution < -0.4 is 4.74 Å². The van der Waals surface area contributed by atoms with Crippen molar-refractivity contribution in [2.75, 3.05) is 0 Å². The van der Waals surface area contributed by atoms with Gasteiger partial charge < -0.3 is 4.74 Å². The number of hydrogen-bond donors (Lipinski definition) is 0. The minimum atomic E-state index is 0.905. The largest absolute Gasteiger partial charge is 0.454 e. The van der Waals surface area contributed by atoms with Crippen molar-refractivity contribution >= 4 is 11.8 Å². The molecule has 1 aliphatic heterocycles. The lowest BCUT2D eigenvalue weighted by atomic mass is 10.0. The van der Waals surface area contributed by atoms with Crippen LogP contribution in [0.3, 0.4) is 0 Å². The van der Waals surface area contributed by atoms with Gasteiger partial charge in [-0.25, -0.2) is 0 Å². The Hall–Kier alpha value is -2.19. The lowest BCUT2D eigenvalue weighted by Gasteiger charge is -2.21. The van der Waals surface area contributed by atoms with Gasteiger partial charge in [-0.1, -0.05) is 60.3 Å². The quantitative estimate of drug-likeness (QED) is 0.459. The third kappa shape index (κ3) is 1.89. The molecule has 1 nitrogen and oxygen atoms in total. The fourth-order valence-corrected chi connectivity index (χ4v) is 3.27. The van der Waals surface area contributed by atoms with Crippen molar-refractivity contribution in [3.05, 3.63) is 72.8 Å². The van der Waals surface area contributed by atoms with Crippen LogP contribution in [0.4, 0.5) is 0 Å². The molecule has 0 N–H and O–H groups in total. The van der Waals surface area contributed by atoms with Crippen molar-refractivity contribution in [1.82, 2.24) is 0 Å². The molecule has 1 heterocycles. The van der Waals surface area contributed by atoms with Crippen molar-refractivity contribution in [3.63, 3.8) is 0 Å². The predicted molar refractivity (Wildman–Crippen MR) is 81.4 cm³/mol. The Bertz CT molecular complexity index is 765. The summed E-state index contributed by atoms with van der Waals surface area (Å²) < 4.78 is 6.11. The lowest BCUT2D eigenvalue weighted by molar-refractivity contribution is 0.456. The first-order valence-corrected chi connectivity index (χ1v) is 7.28. The van der Waals surface area contributed by atoms with Gasteiger partial charge in [0.25, 0.3) is 0 Å². The average molecular weight is 275 g/mol. The molecule has 4 rings (SSSR count). The topological polar surface area (TPSA) is 9.23 Å². The third-order valence-corrected chi connectivity index (χ3v) is 4.34. The van der Waals surface area contributed by atoms with Crippen LogP contribution in [0.5, 0.6) is 11.5 Å². The van der Waals surface area contributed by atoms with E-state index in [0.717, 1.165) is 32.4 Å². The minimum absolute atomic E-state index is 0.905. The predicted octanol–water partition coefficient (Wildman–Crippen LogP) is 5.41. The minimum Gasteiger partial charge on any atom is -0.454 e. The normalized spacial score (nSPS) is 12.2. The van der Waals surface area contributed by atoms with Gasteiger partial charge >= 0.3 is 0 Å². The standard InChI is InChI=1S/C18H11OS/c1-2-7-13(8-3-1)14-9-6-12-17-18(14)19-15-10-4-5-11-16(15)20-17/h1-11H. The SMILES string of the molecule is [c]1ccc(-c2ccccc2)c2c1Sc1ccccc1O2. The summed E-state index contributed by atoms with van der Waals surface area (Å²) in [7, 11) is 0. The van der Waals surface area contributed by atoms with Crippen LogP contribution in [0.2, 0.25) is 0 Å². The monoisotopic (exact) mass is 275 g/mol. The van der Waals surface area contributed by atoms with E-state index in [1.54, 1.807) is 11.8 Å². The van der Waals surface area contributed by atoms with Gasteiger partial charge in [0.05, 0.1) is 9.79 Å². The van der Waals surface area contributed by atoms with Gasteiger partial charge in [-0.2, -0.15) is 0 Å². The molecule has 1 radical (unpaired) electrons. The molecule has 0 atom stereocenters. The van der Waals surface area contributed by atoms with E-state index in [9.17, 15) is 0 Å². The van der Waals surface area contributed by atoms with Gasteiger partial charge in [-0.15, -0.1) is 0 Å². The Balaban J connectivity index is 1.87. The zero-order chi connectivity index (χ0) is 13.4. The summed E-state index contributed by atoms with van der Waals surface area (Å²) in [5.74, 6) is 1.82. The number of benzene rings is 3. The van der Waals surface area contributed by atoms with Crippen molar-refractivity contribution in [2.45, 2.75) is 9.79 Å². The van der Waals surface area contributed by atoms with E-state index in [0.29, 0.717) is 0 Å². The molecular formula is C18H11OS. The summed E-state index contributed by atoms with van der Waals surface area (Å²) in [5.41, 5.74) is 2.28. The highest BCUT2D eigenvalue weighted by atomic mass is 32.2. The van der Waals surface area contributed by atoms with Gasteiger partial charge in [-0.3, -0.25) is 0 Å². The van der Waals surface area contributed by atoms with Crippen molar-refractivity contribution in [2.24, 2.45) is 0 Å². The van der Waals surface area contributed by atoms with Gasteiger partial charge in [0.1, 0.15) is 11.5 Å². The van der Waals surface area contributed by atoms with E-state index < -0.39 is 0 Å². The third-order valence-electron chi connectivity index (χ3n) is 3.27. The molecule has 0 aliphatic carbocycles. The highest BCUT2D eigenvalue weighted by molar-refractivity contribution is 7.99. The second kappa shape index (κ2) is 4.73. The van der Waals surface area contributed by atoms with Gasteiger partial charge in [0.2, 0.25) is 0 Å². The molecule has 2 heteroatoms. The van der Waals surface area contributed by atoms with E-state index in [-0.39, 0.29) is 0 Å². The molecule has 3 aromatic carbocycles. The van der Waals surface area contributed by atoms with Gasteiger partial charge in [0, 0.05) is 11.6 Å². The second-order valence-corrected chi connectivity index (χ2v) is 5.62. The maximum atomic E-state index is 6.11. The summed E-state index contributed by atoms with van der Waals surface area (Å²) >= 11 is 1.71. The molecule has 0 bridgehead atoms. The van der Waals surface area contributed by atoms with Crippen LogP contribution in [0.1, 0.15) is 0 Å². The molecule has 0 aromatic heterocycles. The Morgan fingerprint density at radius 1 is 0.850 bits per heavy atom. The number of ether oxygens (including phenoxy) is 1. The molecule has 0 fully saturated rings. The first kappa shape index (κ1) is 11.6. The van der Waals surface area contributed by atoms with Gasteiger partial charge in [-0.05, 0) is 23.8 Å². The maximum absolute atomic E-state index is 6.11. The molecule has 0 saturated carbocycles. The maximum Gasteiger partial charge on any atom is 0.149 e. The summed E-state index contributed by atoms with van der Waals surface area (Å²) in [4.78, 5) is 2.19. The van der Waals surface area contributed by atoms with Crippen LogP contribution in [-0.2, 0) is 0 Å². The van der Waals surface area contributed by atoms with E-state index in [4.69, 9.17) is 4.74 Å². The number of para-hydroxylation sites is 1. The summed E-state index contributed by atoms with van der Waals surface area (Å²) in [6.07, 6.45) is 0. The Kier molecular flexibility index (Phi) is 2.75. The zero-order valence-electron chi connectivity index (χ0n) is 10.7. The summed E-state index contributed by atoms with van der Waals surface area (Å²) in [6.45, 7) is 0. The summed E-state index contributed by atoms with van der Waals surface area (Å²) in [5, 5.41) is 0. The highest BCUT2D eigenvalue weighted by Crippen LogP contribution is 2.50. The van der Waals surface area contributed by atoms with Crippen molar-refractivity contribution in [3.8, 4) is 22.6 Å². The van der Waals surface area contributed by atoms with Gasteiger partial charge in [0.15, 0.2) is 0 Å². The summed E-state index contributed by atoms with van der Waals surface area (Å²) in [6, 6.07) is 25.7. The molecule has 0 unspecified atom stereocenters. The number of fused-ring (bicyclic) bond motifs is 2. The van der Waals surface area contributed by atoms with Crippen LogP contribution in [0, 0.1) is 6.07 Å². The van der Waals surface area contributed by atoms with Crippen molar-refractivity contribution in [1.29, 1.82) is 0 Å². The van der Waals surface area contributed by atoms with E-state index >= 15 is 0 Å².